The molecule has 0 aromatic carbocycles. The van der Waals surface area contributed by atoms with Gasteiger partial charge in [-0.3, -0.25) is 9.59 Å². The number of amides is 2. The molecule has 0 radical (unpaired) electrons. The maximum Gasteiger partial charge on any atom is 0.270 e. The van der Waals surface area contributed by atoms with Crippen LogP contribution in [0.3, 0.4) is 0 Å². The van der Waals surface area contributed by atoms with Crippen LogP contribution in [0, 0.1) is 5.92 Å². The molecule has 0 bridgehead atoms. The summed E-state index contributed by atoms with van der Waals surface area (Å²) < 4.78 is 6.93. The van der Waals surface area contributed by atoms with Gasteiger partial charge in [0.1, 0.15) is 0 Å². The first-order valence-electron chi connectivity index (χ1n) is 5.81. The molecule has 1 aromatic rings. The van der Waals surface area contributed by atoms with Gasteiger partial charge in [-0.1, -0.05) is 11.8 Å². The Kier molecular flexibility index (Phi) is 3.91. The molecule has 0 saturated carbocycles. The van der Waals surface area contributed by atoms with Gasteiger partial charge in [0, 0.05) is 12.5 Å². The Morgan fingerprint density at radius 3 is 3.05 bits per heavy atom. The van der Waals surface area contributed by atoms with Gasteiger partial charge in [0.05, 0.1) is 25.5 Å². The molecule has 2 amide bonds. The van der Waals surface area contributed by atoms with Crippen molar-refractivity contribution >= 4 is 11.8 Å². The molecule has 1 fully saturated rings. The largest absolute Gasteiger partial charge is 0.379 e. The van der Waals surface area contributed by atoms with Crippen molar-refractivity contribution in [2.75, 3.05) is 19.8 Å². The molecule has 102 valence electrons. The average molecular weight is 265 g/mol. The van der Waals surface area contributed by atoms with Crippen LogP contribution in [0.25, 0.3) is 0 Å². The summed E-state index contributed by atoms with van der Waals surface area (Å²) in [7, 11) is 0. The van der Waals surface area contributed by atoms with E-state index in [1.165, 1.54) is 12.3 Å². The number of carbonyl (C=O) groups excluding carboxylic acids is 2. The fourth-order valence-electron chi connectivity index (χ4n) is 1.93. The van der Waals surface area contributed by atoms with Crippen LogP contribution in [0.1, 0.15) is 16.5 Å². The van der Waals surface area contributed by atoms with Gasteiger partial charge in [0.2, 0.25) is 5.91 Å². The van der Waals surface area contributed by atoms with Crippen molar-refractivity contribution in [3.63, 3.8) is 0 Å². The third kappa shape index (κ3) is 2.97. The number of rotatable bonds is 5. The smallest absolute Gasteiger partial charge is 0.270 e. The lowest BCUT2D eigenvalue weighted by Gasteiger charge is -2.17. The molecule has 1 saturated heterocycles. The Bertz CT molecular complexity index is 498. The van der Waals surface area contributed by atoms with Crippen LogP contribution in [0.4, 0.5) is 0 Å². The molecule has 19 heavy (non-hydrogen) atoms. The molecule has 8 nitrogen and oxygen atoms in total. The number of nitrogens with zero attached hydrogens (tertiary/aromatic N) is 3. The summed E-state index contributed by atoms with van der Waals surface area (Å²) in [5, 5.41) is 10.3. The Labute approximate surface area is 109 Å². The number of hydrogen-bond donors (Lipinski definition) is 2. The number of nitrogens with two attached hydrogens (primary N) is 1. The van der Waals surface area contributed by atoms with Gasteiger partial charge in [-0.05, 0) is 6.08 Å². The van der Waals surface area contributed by atoms with Crippen molar-refractivity contribution in [2.24, 2.45) is 11.7 Å². The van der Waals surface area contributed by atoms with E-state index in [0.717, 1.165) is 0 Å². The number of primary amides is 1. The highest BCUT2D eigenvalue weighted by Gasteiger charge is 2.31. The molecule has 1 aromatic heterocycles. The van der Waals surface area contributed by atoms with Crippen LogP contribution < -0.4 is 11.1 Å². The van der Waals surface area contributed by atoms with E-state index < -0.39 is 5.91 Å². The number of ether oxygens (including phenoxy) is 1. The van der Waals surface area contributed by atoms with Crippen molar-refractivity contribution in [2.45, 2.75) is 6.04 Å². The standard InChI is InChI=1S/C11H15N5O3/c1-2-10(17)13-3-7-5-19-6-9(7)16-4-8(11(12)18)14-15-16/h2,4,7,9H,1,3,5-6H2,(H2,12,18)(H,13,17)/t7-,9-/m1/s1. The van der Waals surface area contributed by atoms with Gasteiger partial charge < -0.3 is 15.8 Å². The Hall–Kier alpha value is -2.22. The van der Waals surface area contributed by atoms with E-state index in [4.69, 9.17) is 10.5 Å². The van der Waals surface area contributed by atoms with Crippen molar-refractivity contribution in [1.82, 2.24) is 20.3 Å². The van der Waals surface area contributed by atoms with Gasteiger partial charge in [-0.2, -0.15) is 0 Å². The van der Waals surface area contributed by atoms with Gasteiger partial charge in [0.15, 0.2) is 5.69 Å². The molecule has 2 atom stereocenters. The molecule has 0 spiro atoms. The summed E-state index contributed by atoms with van der Waals surface area (Å²) in [6.45, 7) is 4.79. The van der Waals surface area contributed by atoms with Crippen LogP contribution in [-0.2, 0) is 9.53 Å². The molecule has 8 heteroatoms. The molecule has 0 aliphatic carbocycles. The minimum atomic E-state index is -0.623. The Morgan fingerprint density at radius 2 is 2.42 bits per heavy atom. The van der Waals surface area contributed by atoms with Gasteiger partial charge >= 0.3 is 0 Å². The first-order valence-corrected chi connectivity index (χ1v) is 5.81. The second-order valence-electron chi connectivity index (χ2n) is 4.26. The SMILES string of the molecule is C=CC(=O)NC[C@@H]1COC[C@H]1n1cc(C(N)=O)nn1. The summed E-state index contributed by atoms with van der Waals surface area (Å²) in [5.74, 6) is -0.796. The Balaban J connectivity index is 2.03. The van der Waals surface area contributed by atoms with Crippen molar-refractivity contribution in [3.8, 4) is 0 Å². The third-order valence-corrected chi connectivity index (χ3v) is 2.99. The molecule has 1 aliphatic rings. The highest BCUT2D eigenvalue weighted by molar-refractivity contribution is 5.90. The lowest BCUT2D eigenvalue weighted by atomic mass is 10.0. The summed E-state index contributed by atoms with van der Waals surface area (Å²) in [4.78, 5) is 22.1. The van der Waals surface area contributed by atoms with E-state index in [0.29, 0.717) is 19.8 Å². The maximum absolute atomic E-state index is 11.1. The molecule has 2 heterocycles. The first kappa shape index (κ1) is 13.2. The van der Waals surface area contributed by atoms with E-state index in [1.54, 1.807) is 4.68 Å². The fourth-order valence-corrected chi connectivity index (χ4v) is 1.93. The summed E-state index contributed by atoms with van der Waals surface area (Å²) in [5.41, 5.74) is 5.23. The molecular weight excluding hydrogens is 250 g/mol. The zero-order chi connectivity index (χ0) is 13.8. The van der Waals surface area contributed by atoms with Crippen molar-refractivity contribution in [3.05, 3.63) is 24.5 Å². The topological polar surface area (TPSA) is 112 Å². The van der Waals surface area contributed by atoms with E-state index in [9.17, 15) is 9.59 Å². The van der Waals surface area contributed by atoms with Gasteiger partial charge in [-0.25, -0.2) is 4.68 Å². The van der Waals surface area contributed by atoms with Crippen molar-refractivity contribution < 1.29 is 14.3 Å². The molecule has 3 N–H and O–H groups in total. The monoisotopic (exact) mass is 265 g/mol. The normalized spacial score (nSPS) is 22.1. The Morgan fingerprint density at radius 1 is 1.63 bits per heavy atom. The minimum Gasteiger partial charge on any atom is -0.379 e. The molecule has 2 rings (SSSR count). The highest BCUT2D eigenvalue weighted by Crippen LogP contribution is 2.24. The van der Waals surface area contributed by atoms with Crippen molar-refractivity contribution in [1.29, 1.82) is 0 Å². The molecule has 1 aliphatic heterocycles. The van der Waals surface area contributed by atoms with Crippen LogP contribution in [0.5, 0.6) is 0 Å². The predicted octanol–water partition coefficient (Wildman–Crippen LogP) is -1.13. The summed E-state index contributed by atoms with van der Waals surface area (Å²) >= 11 is 0. The third-order valence-electron chi connectivity index (χ3n) is 2.99. The van der Waals surface area contributed by atoms with Crippen LogP contribution in [0.2, 0.25) is 0 Å². The lowest BCUT2D eigenvalue weighted by Crippen LogP contribution is -2.32. The molecular formula is C11H15N5O3. The summed E-state index contributed by atoms with van der Waals surface area (Å²) in [6, 6.07) is -0.0780. The quantitative estimate of drug-likeness (QED) is 0.654. The second-order valence-corrected chi connectivity index (χ2v) is 4.26. The van der Waals surface area contributed by atoms with E-state index >= 15 is 0 Å². The van der Waals surface area contributed by atoms with E-state index in [-0.39, 0.29) is 23.6 Å². The van der Waals surface area contributed by atoms with Gasteiger partial charge in [0.25, 0.3) is 5.91 Å². The van der Waals surface area contributed by atoms with E-state index in [2.05, 4.69) is 22.2 Å². The number of hydrogen-bond acceptors (Lipinski definition) is 5. The highest BCUT2D eigenvalue weighted by atomic mass is 16.5. The van der Waals surface area contributed by atoms with Crippen LogP contribution in [-0.4, -0.2) is 46.6 Å². The number of aromatic nitrogens is 3. The van der Waals surface area contributed by atoms with Gasteiger partial charge in [-0.15, -0.1) is 5.10 Å². The summed E-state index contributed by atoms with van der Waals surface area (Å²) in [6.07, 6.45) is 2.70. The zero-order valence-corrected chi connectivity index (χ0v) is 10.3. The lowest BCUT2D eigenvalue weighted by molar-refractivity contribution is -0.116. The second kappa shape index (κ2) is 5.61. The van der Waals surface area contributed by atoms with Crippen LogP contribution in [0.15, 0.2) is 18.9 Å². The molecule has 0 unspecified atom stereocenters. The maximum atomic E-state index is 11.1. The number of nitrogens with one attached hydrogen (secondary N) is 1. The minimum absolute atomic E-state index is 0.0614. The van der Waals surface area contributed by atoms with Crippen LogP contribution >= 0.6 is 0 Å². The van der Waals surface area contributed by atoms with E-state index in [1.807, 2.05) is 0 Å². The predicted molar refractivity (Wildman–Crippen MR) is 65.1 cm³/mol. The average Bonchev–Trinajstić information content (AvgIpc) is 3.03. The fraction of sp³-hybridized carbons (Fsp3) is 0.455. The number of carbonyl (C=O) groups is 2. The first-order chi connectivity index (χ1) is 9.11. The zero-order valence-electron chi connectivity index (χ0n) is 10.3.